The first-order valence-corrected chi connectivity index (χ1v) is 3.71. The van der Waals surface area contributed by atoms with Crippen molar-refractivity contribution in [2.24, 2.45) is 5.11 Å². The lowest BCUT2D eigenvalue weighted by molar-refractivity contribution is 0.200. The molecule has 0 radical (unpaired) electrons. The van der Waals surface area contributed by atoms with Crippen molar-refractivity contribution in [2.45, 2.75) is 25.0 Å². The van der Waals surface area contributed by atoms with E-state index in [9.17, 15) is 0 Å². The van der Waals surface area contributed by atoms with Crippen LogP contribution in [0.1, 0.15) is 12.8 Å². The molecule has 1 N–H and O–H groups in total. The molecule has 0 fully saturated rings. The number of aliphatic hydroxyl groups excluding tert-OH is 1. The summed E-state index contributed by atoms with van der Waals surface area (Å²) in [4.78, 5) is 2.65. The van der Waals surface area contributed by atoms with E-state index in [1.54, 1.807) is 0 Å². The minimum atomic E-state index is -0.479. The van der Waals surface area contributed by atoms with Crippen LogP contribution in [0.3, 0.4) is 0 Å². The Labute approximate surface area is 69.1 Å². The van der Waals surface area contributed by atoms with Gasteiger partial charge in [0.2, 0.25) is 0 Å². The average molecular weight is 174 g/mol. The molecule has 0 aromatic rings. The molecule has 11 heavy (non-hydrogen) atoms. The third kappa shape index (κ3) is 2.12. The summed E-state index contributed by atoms with van der Waals surface area (Å²) in [5.41, 5.74) is 8.11. The maximum Gasteiger partial charge on any atom is 0.0735 e. The molecule has 2 atom stereocenters. The quantitative estimate of drug-likeness (QED) is 0.368. The van der Waals surface area contributed by atoms with E-state index >= 15 is 0 Å². The molecule has 0 unspecified atom stereocenters. The molecule has 1 aliphatic carbocycles. The summed E-state index contributed by atoms with van der Waals surface area (Å²) in [6.45, 7) is 0. The lowest BCUT2D eigenvalue weighted by atomic mass is 10.0. The molecule has 1 rings (SSSR count). The third-order valence-corrected chi connectivity index (χ3v) is 1.97. The highest BCUT2D eigenvalue weighted by Gasteiger charge is 2.18. The van der Waals surface area contributed by atoms with Gasteiger partial charge in [-0.1, -0.05) is 16.7 Å². The second-order valence-electron chi connectivity index (χ2n) is 2.42. The number of hydrogen-bond acceptors (Lipinski definition) is 2. The van der Waals surface area contributed by atoms with Crippen LogP contribution in [0.4, 0.5) is 0 Å². The predicted octanol–water partition coefficient (Wildman–Crippen LogP) is 1.94. The molecular formula is C6H8ClN3O. The number of halogens is 1. The van der Waals surface area contributed by atoms with E-state index in [2.05, 4.69) is 10.0 Å². The Morgan fingerprint density at radius 3 is 3.00 bits per heavy atom. The van der Waals surface area contributed by atoms with Crippen molar-refractivity contribution in [1.82, 2.24) is 0 Å². The van der Waals surface area contributed by atoms with Crippen LogP contribution in [0.25, 0.3) is 10.4 Å². The van der Waals surface area contributed by atoms with Gasteiger partial charge in [-0.2, -0.15) is 0 Å². The van der Waals surface area contributed by atoms with Crippen molar-refractivity contribution in [3.63, 3.8) is 0 Å². The summed E-state index contributed by atoms with van der Waals surface area (Å²) in [5.74, 6) is 0. The smallest absolute Gasteiger partial charge is 0.0735 e. The highest BCUT2D eigenvalue weighted by Crippen LogP contribution is 2.24. The first-order valence-electron chi connectivity index (χ1n) is 3.33. The predicted molar refractivity (Wildman–Crippen MR) is 42.1 cm³/mol. The Hall–Kier alpha value is -0.700. The SMILES string of the molecule is [N-]=[N+]=N[C@H]1CC[C@H](O)C=C1Cl. The van der Waals surface area contributed by atoms with E-state index in [0.717, 1.165) is 0 Å². The zero-order valence-corrected chi connectivity index (χ0v) is 6.57. The van der Waals surface area contributed by atoms with E-state index in [1.165, 1.54) is 6.08 Å². The summed E-state index contributed by atoms with van der Waals surface area (Å²) in [6, 6.07) is -0.273. The minimum absolute atomic E-state index is 0.273. The number of nitrogens with zero attached hydrogens (tertiary/aromatic N) is 3. The summed E-state index contributed by atoms with van der Waals surface area (Å²) < 4.78 is 0. The molecular weight excluding hydrogens is 166 g/mol. The van der Waals surface area contributed by atoms with Gasteiger partial charge in [0, 0.05) is 9.94 Å². The molecule has 0 amide bonds. The highest BCUT2D eigenvalue weighted by atomic mass is 35.5. The molecule has 0 saturated carbocycles. The average Bonchev–Trinajstić information content (AvgIpc) is 1.95. The van der Waals surface area contributed by atoms with Gasteiger partial charge in [0.15, 0.2) is 0 Å². The van der Waals surface area contributed by atoms with Gasteiger partial charge in [0.25, 0.3) is 0 Å². The van der Waals surface area contributed by atoms with Crippen molar-refractivity contribution in [2.75, 3.05) is 0 Å². The lowest BCUT2D eigenvalue weighted by Gasteiger charge is -2.18. The number of aliphatic hydroxyl groups is 1. The third-order valence-electron chi connectivity index (χ3n) is 1.60. The number of rotatable bonds is 1. The van der Waals surface area contributed by atoms with Crippen LogP contribution < -0.4 is 0 Å². The standard InChI is InChI=1S/C6H8ClN3O/c7-5-3-4(11)1-2-6(5)9-10-8/h3-4,6,11H,1-2H2/t4-,6-/m0/s1. The van der Waals surface area contributed by atoms with Crippen LogP contribution in [0.5, 0.6) is 0 Å². The Morgan fingerprint density at radius 1 is 1.73 bits per heavy atom. The molecule has 0 bridgehead atoms. The maximum atomic E-state index is 9.07. The molecule has 60 valence electrons. The van der Waals surface area contributed by atoms with E-state index in [1.807, 2.05) is 0 Å². The van der Waals surface area contributed by atoms with Crippen LogP contribution in [-0.2, 0) is 0 Å². The first-order chi connectivity index (χ1) is 5.24. The molecule has 0 aromatic heterocycles. The van der Waals surface area contributed by atoms with Gasteiger partial charge in [0.05, 0.1) is 12.1 Å². The molecule has 0 saturated heterocycles. The highest BCUT2D eigenvalue weighted by molar-refractivity contribution is 6.30. The lowest BCUT2D eigenvalue weighted by Crippen LogP contribution is -2.17. The van der Waals surface area contributed by atoms with Gasteiger partial charge in [0.1, 0.15) is 0 Å². The van der Waals surface area contributed by atoms with Gasteiger partial charge >= 0.3 is 0 Å². The zero-order valence-electron chi connectivity index (χ0n) is 5.81. The fourth-order valence-corrected chi connectivity index (χ4v) is 1.32. The van der Waals surface area contributed by atoms with E-state index in [-0.39, 0.29) is 6.04 Å². The fourth-order valence-electron chi connectivity index (χ4n) is 1.02. The second-order valence-corrected chi connectivity index (χ2v) is 2.85. The van der Waals surface area contributed by atoms with Gasteiger partial charge in [-0.05, 0) is 24.4 Å². The summed E-state index contributed by atoms with van der Waals surface area (Å²) >= 11 is 5.69. The zero-order chi connectivity index (χ0) is 8.27. The van der Waals surface area contributed by atoms with Crippen molar-refractivity contribution >= 4 is 11.6 Å². The van der Waals surface area contributed by atoms with Crippen LogP contribution >= 0.6 is 11.6 Å². The molecule has 0 aliphatic heterocycles. The largest absolute Gasteiger partial charge is 0.389 e. The Morgan fingerprint density at radius 2 is 2.45 bits per heavy atom. The van der Waals surface area contributed by atoms with Crippen LogP contribution in [0.15, 0.2) is 16.2 Å². The van der Waals surface area contributed by atoms with Crippen molar-refractivity contribution < 1.29 is 5.11 Å². The summed E-state index contributed by atoms with van der Waals surface area (Å²) in [6.07, 6.45) is 2.28. The van der Waals surface area contributed by atoms with E-state index in [4.69, 9.17) is 22.2 Å². The van der Waals surface area contributed by atoms with Gasteiger partial charge in [-0.25, -0.2) is 0 Å². The Bertz CT molecular complexity index is 222. The number of azide groups is 1. The van der Waals surface area contributed by atoms with Gasteiger partial charge < -0.3 is 5.11 Å². The molecule has 0 spiro atoms. The van der Waals surface area contributed by atoms with E-state index in [0.29, 0.717) is 17.9 Å². The monoisotopic (exact) mass is 173 g/mol. The number of hydrogen-bond donors (Lipinski definition) is 1. The second kappa shape index (κ2) is 3.62. The fraction of sp³-hybridized carbons (Fsp3) is 0.667. The Kier molecular flexibility index (Phi) is 2.76. The summed E-state index contributed by atoms with van der Waals surface area (Å²) in [7, 11) is 0. The maximum absolute atomic E-state index is 9.07. The molecule has 0 aromatic carbocycles. The van der Waals surface area contributed by atoms with Gasteiger partial charge in [-0.15, -0.1) is 0 Å². The van der Waals surface area contributed by atoms with Crippen molar-refractivity contribution in [1.29, 1.82) is 0 Å². The molecule has 0 heterocycles. The Balaban J connectivity index is 2.71. The van der Waals surface area contributed by atoms with Crippen LogP contribution in [-0.4, -0.2) is 17.3 Å². The van der Waals surface area contributed by atoms with Gasteiger partial charge in [-0.3, -0.25) is 0 Å². The first kappa shape index (κ1) is 8.40. The topological polar surface area (TPSA) is 69.0 Å². The van der Waals surface area contributed by atoms with Crippen LogP contribution in [0, 0.1) is 0 Å². The van der Waals surface area contributed by atoms with E-state index < -0.39 is 6.10 Å². The molecule has 1 aliphatic rings. The van der Waals surface area contributed by atoms with Crippen molar-refractivity contribution in [3.8, 4) is 0 Å². The summed E-state index contributed by atoms with van der Waals surface area (Å²) in [5, 5.41) is 13.0. The van der Waals surface area contributed by atoms with Crippen molar-refractivity contribution in [3.05, 3.63) is 21.6 Å². The molecule has 5 heteroatoms. The van der Waals surface area contributed by atoms with Crippen LogP contribution in [0.2, 0.25) is 0 Å². The normalized spacial score (nSPS) is 30.5. The minimum Gasteiger partial charge on any atom is -0.389 e. The molecule has 4 nitrogen and oxygen atoms in total.